The van der Waals surface area contributed by atoms with Crippen LogP contribution < -0.4 is 0 Å². The number of hydrogen-bond donors (Lipinski definition) is 0. The minimum absolute atomic E-state index is 0.137. The van der Waals surface area contributed by atoms with Gasteiger partial charge in [-0.3, -0.25) is 4.79 Å². The first-order chi connectivity index (χ1) is 12.1. The van der Waals surface area contributed by atoms with E-state index in [2.05, 4.69) is 45.8 Å². The third-order valence-electron chi connectivity index (χ3n) is 5.46. The van der Waals surface area contributed by atoms with Crippen molar-refractivity contribution in [2.75, 3.05) is 7.11 Å². The maximum Gasteiger partial charge on any atom is 0.341 e. The van der Waals surface area contributed by atoms with E-state index in [1.807, 2.05) is 25.4 Å². The normalized spacial score (nSPS) is 13.0. The van der Waals surface area contributed by atoms with Crippen LogP contribution in [0, 0.1) is 0 Å². The summed E-state index contributed by atoms with van der Waals surface area (Å²) < 4.78 is 7.13. The molecule has 0 fully saturated rings. The van der Waals surface area contributed by atoms with Crippen molar-refractivity contribution in [3.05, 3.63) is 35.7 Å². The van der Waals surface area contributed by atoms with Crippen molar-refractivity contribution in [3.63, 3.8) is 0 Å². The molecule has 0 amide bonds. The molecule has 0 N–H and O–H groups in total. The molecule has 0 bridgehead atoms. The fourth-order valence-electron chi connectivity index (χ4n) is 4.49. The maximum atomic E-state index is 12.9. The molecule has 1 aromatic heterocycles. The van der Waals surface area contributed by atoms with Crippen molar-refractivity contribution in [1.29, 1.82) is 0 Å². The van der Waals surface area contributed by atoms with E-state index in [4.69, 9.17) is 4.74 Å². The second-order valence-corrected chi connectivity index (χ2v) is 13.6. The van der Waals surface area contributed by atoms with E-state index in [0.717, 1.165) is 6.42 Å². The molecule has 0 aliphatic rings. The van der Waals surface area contributed by atoms with Crippen LogP contribution >= 0.6 is 0 Å². The van der Waals surface area contributed by atoms with Gasteiger partial charge in [0.25, 0.3) is 0 Å². The number of hydrogen-bond acceptors (Lipinski definition) is 3. The summed E-state index contributed by atoms with van der Waals surface area (Å²) in [6.45, 7) is 15.7. The quantitative estimate of drug-likeness (QED) is 0.141. The zero-order chi connectivity index (χ0) is 20.1. The van der Waals surface area contributed by atoms with E-state index in [-0.39, 0.29) is 11.4 Å². The minimum atomic E-state index is -1.90. The second kappa shape index (κ2) is 9.35. The summed E-state index contributed by atoms with van der Waals surface area (Å²) in [5.74, 6) is -0.806. The van der Waals surface area contributed by atoms with Gasteiger partial charge < -0.3 is 8.97 Å². The third-order valence-corrected chi connectivity index (χ3v) is 12.2. The highest BCUT2D eigenvalue weighted by molar-refractivity contribution is 6.82. The Kier molecular flexibility index (Phi) is 8.06. The molecule has 0 aliphatic carbocycles. The number of esters is 1. The lowest BCUT2D eigenvalue weighted by Gasteiger charge is -2.44. The van der Waals surface area contributed by atoms with Gasteiger partial charge in [-0.2, -0.15) is 0 Å². The second-order valence-electron chi connectivity index (χ2n) is 7.89. The van der Waals surface area contributed by atoms with E-state index >= 15 is 0 Å². The van der Waals surface area contributed by atoms with Gasteiger partial charge in [0.2, 0.25) is 5.78 Å². The zero-order valence-electron chi connectivity index (χ0n) is 17.6. The average molecular weight is 378 g/mol. The molecule has 0 saturated carbocycles. The molecule has 5 heteroatoms. The Morgan fingerprint density at radius 1 is 1.12 bits per heavy atom. The summed E-state index contributed by atoms with van der Waals surface area (Å²) in [4.78, 5) is 25.0. The number of aromatic nitrogens is 1. The molecule has 0 atom stereocenters. The molecule has 26 heavy (non-hydrogen) atoms. The van der Waals surface area contributed by atoms with Crippen molar-refractivity contribution in [2.24, 2.45) is 0 Å². The summed E-state index contributed by atoms with van der Waals surface area (Å²) in [5.41, 5.74) is 2.31. The molecule has 0 radical (unpaired) electrons. The summed E-state index contributed by atoms with van der Waals surface area (Å²) in [6, 6.07) is 1.85. The number of allylic oxidation sites excluding steroid dienone is 1. The number of nitrogens with zero attached hydrogens (tertiary/aromatic N) is 1. The molecule has 146 valence electrons. The molecular formula is C21H35NO3Si. The first-order valence-corrected chi connectivity index (χ1v) is 11.8. The summed E-state index contributed by atoms with van der Waals surface area (Å²) in [5, 5.41) is 0. The molecule has 1 heterocycles. The van der Waals surface area contributed by atoms with E-state index in [9.17, 15) is 9.59 Å². The highest BCUT2D eigenvalue weighted by Gasteiger charge is 2.45. The number of methoxy groups -OCH3 is 1. The van der Waals surface area contributed by atoms with Gasteiger partial charge in [-0.1, -0.05) is 61.0 Å². The third kappa shape index (κ3) is 4.19. The Labute approximate surface area is 159 Å². The number of rotatable bonds is 9. The fraction of sp³-hybridized carbons (Fsp3) is 0.619. The van der Waals surface area contributed by atoms with Crippen molar-refractivity contribution >= 4 is 20.0 Å². The van der Waals surface area contributed by atoms with Gasteiger partial charge in [0.15, 0.2) is 8.24 Å². The molecule has 0 aliphatic heterocycles. The van der Waals surface area contributed by atoms with Crippen LogP contribution in [0.3, 0.4) is 0 Å². The van der Waals surface area contributed by atoms with Gasteiger partial charge in [-0.25, -0.2) is 4.79 Å². The van der Waals surface area contributed by atoms with Crippen LogP contribution in [0.15, 0.2) is 30.1 Å². The van der Waals surface area contributed by atoms with Gasteiger partial charge in [0.1, 0.15) is 5.57 Å². The standard InChI is InChI=1S/C21H35NO3Si/c1-9-10-11-19(21(24)25-8)20(23)18-12-13-22(14-18)26(15(2)3,16(4)5)17(6)7/h11-17H,9-10H2,1-8H3/b19-11-. The highest BCUT2D eigenvalue weighted by Crippen LogP contribution is 2.42. The summed E-state index contributed by atoms with van der Waals surface area (Å²) in [6.07, 6.45) is 7.24. The van der Waals surface area contributed by atoms with Crippen molar-refractivity contribution in [3.8, 4) is 0 Å². The Bertz CT molecular complexity index is 634. The van der Waals surface area contributed by atoms with Crippen LogP contribution in [-0.2, 0) is 9.53 Å². The van der Waals surface area contributed by atoms with Crippen molar-refractivity contribution in [2.45, 2.75) is 77.9 Å². The molecule has 0 spiro atoms. The summed E-state index contributed by atoms with van der Waals surface area (Å²) in [7, 11) is -0.581. The maximum absolute atomic E-state index is 12.9. The van der Waals surface area contributed by atoms with Crippen LogP contribution in [0.25, 0.3) is 0 Å². The summed E-state index contributed by atoms with van der Waals surface area (Å²) >= 11 is 0. The van der Waals surface area contributed by atoms with Crippen LogP contribution in [0.4, 0.5) is 0 Å². The molecular weight excluding hydrogens is 342 g/mol. The number of Topliss-reactive ketones (excluding diaryl/α,β-unsaturated/α-hetero) is 1. The number of unbranched alkanes of at least 4 members (excludes halogenated alkanes) is 1. The van der Waals surface area contributed by atoms with E-state index in [1.165, 1.54) is 7.11 Å². The molecule has 0 saturated heterocycles. The van der Waals surface area contributed by atoms with E-state index in [1.54, 1.807) is 6.08 Å². The molecule has 4 nitrogen and oxygen atoms in total. The Balaban J connectivity index is 3.38. The zero-order valence-corrected chi connectivity index (χ0v) is 18.6. The van der Waals surface area contributed by atoms with Crippen LogP contribution in [0.2, 0.25) is 16.6 Å². The van der Waals surface area contributed by atoms with Crippen LogP contribution in [0.5, 0.6) is 0 Å². The number of ether oxygens (including phenoxy) is 1. The lowest BCUT2D eigenvalue weighted by Crippen LogP contribution is -2.51. The number of carbonyl (C=O) groups is 2. The molecule has 1 rings (SSSR count). The van der Waals surface area contributed by atoms with Crippen molar-refractivity contribution < 1.29 is 14.3 Å². The monoisotopic (exact) mass is 377 g/mol. The topological polar surface area (TPSA) is 48.3 Å². The molecule has 1 aromatic rings. The average Bonchev–Trinajstić information content (AvgIpc) is 3.04. The SMILES string of the molecule is CCC/C=C(\C(=O)OC)C(=O)c1ccn([Si](C(C)C)(C(C)C)C(C)C)c1. The first-order valence-electron chi connectivity index (χ1n) is 9.66. The lowest BCUT2D eigenvalue weighted by atomic mass is 10.0. The van der Waals surface area contributed by atoms with E-state index < -0.39 is 14.2 Å². The van der Waals surface area contributed by atoms with Gasteiger partial charge >= 0.3 is 5.97 Å². The number of carbonyl (C=O) groups excluding carboxylic acids is 2. The fourth-order valence-corrected chi connectivity index (χ4v) is 11.0. The Morgan fingerprint density at radius 2 is 1.65 bits per heavy atom. The minimum Gasteiger partial charge on any atom is -0.465 e. The van der Waals surface area contributed by atoms with Crippen LogP contribution in [-0.4, -0.2) is 31.3 Å². The lowest BCUT2D eigenvalue weighted by molar-refractivity contribution is -0.135. The molecule has 0 aromatic carbocycles. The largest absolute Gasteiger partial charge is 0.465 e. The van der Waals surface area contributed by atoms with Gasteiger partial charge in [-0.15, -0.1) is 0 Å². The van der Waals surface area contributed by atoms with Crippen molar-refractivity contribution in [1.82, 2.24) is 4.23 Å². The highest BCUT2D eigenvalue weighted by atomic mass is 28.3. The predicted molar refractivity (Wildman–Crippen MR) is 110 cm³/mol. The van der Waals surface area contributed by atoms with Gasteiger partial charge in [0, 0.05) is 11.8 Å². The Morgan fingerprint density at radius 3 is 2.08 bits per heavy atom. The van der Waals surface area contributed by atoms with Gasteiger partial charge in [-0.05, 0) is 35.3 Å². The smallest absolute Gasteiger partial charge is 0.341 e. The van der Waals surface area contributed by atoms with E-state index in [0.29, 0.717) is 28.6 Å². The molecule has 0 unspecified atom stereocenters. The van der Waals surface area contributed by atoms with Crippen LogP contribution in [0.1, 0.15) is 71.7 Å². The Hall–Kier alpha value is -1.62. The first kappa shape index (κ1) is 22.4. The predicted octanol–water partition coefficient (Wildman–Crippen LogP) is 5.59. The number of ketones is 1. The van der Waals surface area contributed by atoms with Gasteiger partial charge in [0.05, 0.1) is 7.11 Å².